The number of rotatable bonds is 6. The van der Waals surface area contributed by atoms with Crippen LogP contribution in [0, 0.1) is 13.8 Å². The van der Waals surface area contributed by atoms with Gasteiger partial charge >= 0.3 is 0 Å². The average molecular weight is 325 g/mol. The lowest BCUT2D eigenvalue weighted by atomic mass is 10.00. The predicted octanol–water partition coefficient (Wildman–Crippen LogP) is 4.51. The van der Waals surface area contributed by atoms with Crippen molar-refractivity contribution >= 4 is 5.91 Å². The van der Waals surface area contributed by atoms with Crippen molar-refractivity contribution in [2.45, 2.75) is 53.2 Å². The van der Waals surface area contributed by atoms with Crippen molar-refractivity contribution in [1.82, 2.24) is 5.32 Å². The summed E-state index contributed by atoms with van der Waals surface area (Å²) in [6.07, 6.45) is 0.342. The van der Waals surface area contributed by atoms with Gasteiger partial charge < -0.3 is 10.1 Å². The van der Waals surface area contributed by atoms with E-state index in [1.807, 2.05) is 31.2 Å². The smallest absolute Gasteiger partial charge is 0.261 e. The molecule has 2 atom stereocenters. The normalized spacial score (nSPS) is 13.2. The molecule has 0 aliphatic rings. The summed E-state index contributed by atoms with van der Waals surface area (Å²) in [7, 11) is 0. The summed E-state index contributed by atoms with van der Waals surface area (Å²) in [5.74, 6) is 0.677. The molecule has 0 fully saturated rings. The van der Waals surface area contributed by atoms with Crippen LogP contribution in [0.4, 0.5) is 0 Å². The molecule has 0 unspecified atom stereocenters. The third-order valence-corrected chi connectivity index (χ3v) is 4.29. The number of amides is 1. The minimum Gasteiger partial charge on any atom is -0.481 e. The quantitative estimate of drug-likeness (QED) is 0.848. The van der Waals surface area contributed by atoms with Crippen LogP contribution in [0.2, 0.25) is 0 Å². The van der Waals surface area contributed by atoms with Gasteiger partial charge in [0.05, 0.1) is 6.04 Å². The molecule has 24 heavy (non-hydrogen) atoms. The van der Waals surface area contributed by atoms with Crippen LogP contribution < -0.4 is 10.1 Å². The first kappa shape index (κ1) is 18.1. The topological polar surface area (TPSA) is 38.3 Å². The van der Waals surface area contributed by atoms with Gasteiger partial charge in [-0.1, -0.05) is 48.9 Å². The Bertz CT molecular complexity index is 709. The summed E-state index contributed by atoms with van der Waals surface area (Å²) in [5.41, 5.74) is 4.63. The Hall–Kier alpha value is -2.29. The second-order valence-electron chi connectivity index (χ2n) is 6.31. The number of aryl methyl sites for hydroxylation is 3. The summed E-state index contributed by atoms with van der Waals surface area (Å²) >= 11 is 0. The van der Waals surface area contributed by atoms with Crippen LogP contribution in [0.25, 0.3) is 0 Å². The van der Waals surface area contributed by atoms with Gasteiger partial charge in [-0.25, -0.2) is 0 Å². The van der Waals surface area contributed by atoms with Crippen LogP contribution in [-0.4, -0.2) is 12.0 Å². The van der Waals surface area contributed by atoms with E-state index in [2.05, 4.69) is 44.3 Å². The van der Waals surface area contributed by atoms with Crippen LogP contribution in [0.5, 0.6) is 5.75 Å². The highest BCUT2D eigenvalue weighted by molar-refractivity contribution is 5.81. The second kappa shape index (κ2) is 8.00. The van der Waals surface area contributed by atoms with Crippen molar-refractivity contribution in [3.8, 4) is 5.75 Å². The van der Waals surface area contributed by atoms with Crippen molar-refractivity contribution in [1.29, 1.82) is 0 Å². The second-order valence-corrected chi connectivity index (χ2v) is 6.31. The SMILES string of the molecule is CCc1ccccc1O[C@H](C)C(=O)N[C@@H](C)c1cc(C)ccc1C. The number of hydrogen-bond acceptors (Lipinski definition) is 2. The maximum Gasteiger partial charge on any atom is 0.261 e. The molecule has 0 aromatic heterocycles. The first-order valence-corrected chi connectivity index (χ1v) is 8.54. The molecule has 3 heteroatoms. The number of ether oxygens (including phenoxy) is 1. The summed E-state index contributed by atoms with van der Waals surface area (Å²) in [6.45, 7) is 10.00. The van der Waals surface area contributed by atoms with Crippen molar-refractivity contribution < 1.29 is 9.53 Å². The van der Waals surface area contributed by atoms with E-state index in [-0.39, 0.29) is 11.9 Å². The zero-order valence-electron chi connectivity index (χ0n) is 15.2. The Morgan fingerprint density at radius 2 is 1.83 bits per heavy atom. The molecular weight excluding hydrogens is 298 g/mol. The van der Waals surface area contributed by atoms with Gasteiger partial charge in [-0.2, -0.15) is 0 Å². The van der Waals surface area contributed by atoms with E-state index >= 15 is 0 Å². The first-order valence-electron chi connectivity index (χ1n) is 8.54. The minimum atomic E-state index is -0.537. The largest absolute Gasteiger partial charge is 0.481 e. The van der Waals surface area contributed by atoms with E-state index < -0.39 is 6.10 Å². The van der Waals surface area contributed by atoms with Gasteiger partial charge in [0.25, 0.3) is 5.91 Å². The van der Waals surface area contributed by atoms with Crippen molar-refractivity contribution in [3.05, 3.63) is 64.7 Å². The Morgan fingerprint density at radius 1 is 1.12 bits per heavy atom. The van der Waals surface area contributed by atoms with Crippen molar-refractivity contribution in [2.24, 2.45) is 0 Å². The van der Waals surface area contributed by atoms with E-state index in [0.717, 1.165) is 23.3 Å². The monoisotopic (exact) mass is 325 g/mol. The minimum absolute atomic E-state index is 0.0510. The molecular formula is C21H27NO2. The highest BCUT2D eigenvalue weighted by atomic mass is 16.5. The van der Waals surface area contributed by atoms with Gasteiger partial charge in [0.15, 0.2) is 6.10 Å². The number of benzene rings is 2. The number of hydrogen-bond donors (Lipinski definition) is 1. The molecule has 2 aromatic carbocycles. The lowest BCUT2D eigenvalue weighted by molar-refractivity contribution is -0.127. The molecule has 0 spiro atoms. The van der Waals surface area contributed by atoms with E-state index in [0.29, 0.717) is 0 Å². The third-order valence-electron chi connectivity index (χ3n) is 4.29. The van der Waals surface area contributed by atoms with E-state index in [1.54, 1.807) is 6.92 Å². The van der Waals surface area contributed by atoms with Gasteiger partial charge in [-0.3, -0.25) is 4.79 Å². The molecule has 0 aliphatic carbocycles. The Balaban J connectivity index is 2.04. The lowest BCUT2D eigenvalue weighted by Crippen LogP contribution is -2.38. The molecule has 1 amide bonds. The molecule has 0 aliphatic heterocycles. The third kappa shape index (κ3) is 4.38. The number of carbonyl (C=O) groups is 1. The van der Waals surface area contributed by atoms with Crippen LogP contribution in [0.3, 0.4) is 0 Å². The summed E-state index contributed by atoms with van der Waals surface area (Å²) in [5, 5.41) is 3.06. The predicted molar refractivity (Wildman–Crippen MR) is 98.4 cm³/mol. The number of nitrogens with one attached hydrogen (secondary N) is 1. The fraction of sp³-hybridized carbons (Fsp3) is 0.381. The molecule has 3 nitrogen and oxygen atoms in total. The molecule has 1 N–H and O–H groups in total. The lowest BCUT2D eigenvalue weighted by Gasteiger charge is -2.21. The van der Waals surface area contributed by atoms with E-state index in [1.165, 1.54) is 11.1 Å². The maximum absolute atomic E-state index is 12.5. The van der Waals surface area contributed by atoms with Crippen LogP contribution in [-0.2, 0) is 11.2 Å². The fourth-order valence-electron chi connectivity index (χ4n) is 2.79. The highest BCUT2D eigenvalue weighted by Crippen LogP contribution is 2.21. The van der Waals surface area contributed by atoms with Gasteiger partial charge in [0, 0.05) is 0 Å². The molecule has 128 valence electrons. The summed E-state index contributed by atoms with van der Waals surface area (Å²) in [6, 6.07) is 14.1. The van der Waals surface area contributed by atoms with Crippen LogP contribution >= 0.6 is 0 Å². The van der Waals surface area contributed by atoms with E-state index in [4.69, 9.17) is 4.74 Å². The molecule has 0 heterocycles. The summed E-state index contributed by atoms with van der Waals surface area (Å²) < 4.78 is 5.88. The summed E-state index contributed by atoms with van der Waals surface area (Å²) in [4.78, 5) is 12.5. The zero-order chi connectivity index (χ0) is 17.7. The van der Waals surface area contributed by atoms with Gasteiger partial charge in [0.1, 0.15) is 5.75 Å². The van der Waals surface area contributed by atoms with Crippen LogP contribution in [0.1, 0.15) is 49.1 Å². The molecule has 0 saturated heterocycles. The molecule has 2 rings (SSSR count). The fourth-order valence-corrected chi connectivity index (χ4v) is 2.79. The highest BCUT2D eigenvalue weighted by Gasteiger charge is 2.19. The Labute approximate surface area is 145 Å². The Morgan fingerprint density at radius 3 is 2.54 bits per heavy atom. The number of para-hydroxylation sites is 1. The van der Waals surface area contributed by atoms with E-state index in [9.17, 15) is 4.79 Å². The van der Waals surface area contributed by atoms with Crippen LogP contribution in [0.15, 0.2) is 42.5 Å². The Kier molecular flexibility index (Phi) is 6.02. The van der Waals surface area contributed by atoms with Gasteiger partial charge in [-0.15, -0.1) is 0 Å². The van der Waals surface area contributed by atoms with Gasteiger partial charge in [-0.05, 0) is 56.9 Å². The standard InChI is InChI=1S/C21H27NO2/c1-6-18-9-7-8-10-20(18)24-17(5)21(23)22-16(4)19-13-14(2)11-12-15(19)3/h7-13,16-17H,6H2,1-5H3,(H,22,23)/t16-,17+/m0/s1. The molecule has 2 aromatic rings. The number of carbonyl (C=O) groups excluding carboxylic acids is 1. The average Bonchev–Trinajstić information content (AvgIpc) is 2.57. The zero-order valence-corrected chi connectivity index (χ0v) is 15.2. The maximum atomic E-state index is 12.5. The first-order chi connectivity index (χ1) is 11.4. The van der Waals surface area contributed by atoms with Crippen molar-refractivity contribution in [2.75, 3.05) is 0 Å². The molecule has 0 saturated carbocycles. The van der Waals surface area contributed by atoms with Crippen molar-refractivity contribution in [3.63, 3.8) is 0 Å². The van der Waals surface area contributed by atoms with Gasteiger partial charge in [0.2, 0.25) is 0 Å². The molecule has 0 bridgehead atoms. The molecule has 0 radical (unpaired) electrons.